The minimum Gasteiger partial charge on any atom is -0.322 e. The molecule has 1 nitrogen and oxygen atoms in total. The molecule has 0 aliphatic rings. The van der Waals surface area contributed by atoms with Gasteiger partial charge in [-0.1, -0.05) is 18.2 Å². The molecule has 1 aromatic carbocycles. The van der Waals surface area contributed by atoms with Crippen molar-refractivity contribution >= 4 is 37.0 Å². The summed E-state index contributed by atoms with van der Waals surface area (Å²) >= 11 is 1.87. The Kier molecular flexibility index (Phi) is 1.50. The van der Waals surface area contributed by atoms with Crippen LogP contribution in [0, 0.1) is 0 Å². The first-order valence-electron chi connectivity index (χ1n) is 5.30. The van der Waals surface area contributed by atoms with Gasteiger partial charge in [-0.05, 0) is 24.3 Å². The van der Waals surface area contributed by atoms with E-state index in [2.05, 4.69) is 59.3 Å². The van der Waals surface area contributed by atoms with Crippen molar-refractivity contribution in [3.05, 3.63) is 54.9 Å². The van der Waals surface area contributed by atoms with E-state index in [0.717, 1.165) is 0 Å². The Morgan fingerprint density at radius 3 is 2.75 bits per heavy atom. The number of nitrogens with zero attached hydrogens (tertiary/aromatic N) is 1. The number of pyridine rings is 1. The van der Waals surface area contributed by atoms with E-state index in [1.165, 1.54) is 25.7 Å². The second-order valence-electron chi connectivity index (χ2n) is 3.96. The molecule has 0 spiro atoms. The summed E-state index contributed by atoms with van der Waals surface area (Å²) in [7, 11) is 0. The van der Waals surface area contributed by atoms with Gasteiger partial charge in [-0.2, -0.15) is 0 Å². The number of hydrogen-bond donors (Lipinski definition) is 0. The maximum atomic E-state index is 2.21. The third-order valence-electron chi connectivity index (χ3n) is 3.05. The average molecular weight is 223 g/mol. The Balaban J connectivity index is 2.38. The number of aromatic nitrogens is 1. The Bertz CT molecular complexity index is 807. The summed E-state index contributed by atoms with van der Waals surface area (Å²) in [6, 6.07) is 15.1. The number of thiophene rings is 1. The van der Waals surface area contributed by atoms with Crippen molar-refractivity contribution < 1.29 is 0 Å². The van der Waals surface area contributed by atoms with Crippen LogP contribution >= 0.6 is 11.3 Å². The maximum Gasteiger partial charge on any atom is 0.0629 e. The average Bonchev–Trinajstić information content (AvgIpc) is 2.92. The van der Waals surface area contributed by atoms with Gasteiger partial charge in [-0.3, -0.25) is 0 Å². The zero-order chi connectivity index (χ0) is 10.5. The Morgan fingerprint density at radius 2 is 1.75 bits per heavy atom. The molecule has 3 heterocycles. The molecule has 16 heavy (non-hydrogen) atoms. The van der Waals surface area contributed by atoms with Crippen LogP contribution in [0.1, 0.15) is 0 Å². The highest BCUT2D eigenvalue weighted by molar-refractivity contribution is 7.26. The van der Waals surface area contributed by atoms with Gasteiger partial charge in [0, 0.05) is 27.9 Å². The van der Waals surface area contributed by atoms with E-state index in [4.69, 9.17) is 0 Å². The fourth-order valence-electron chi connectivity index (χ4n) is 2.29. The van der Waals surface area contributed by atoms with Crippen LogP contribution < -0.4 is 0 Å². The minimum atomic E-state index is 1.30. The predicted molar refractivity (Wildman–Crippen MR) is 70.3 cm³/mol. The third kappa shape index (κ3) is 0.947. The molecule has 0 saturated carbocycles. The molecule has 0 bridgehead atoms. The number of rotatable bonds is 0. The Labute approximate surface area is 96.6 Å². The normalized spacial score (nSPS) is 11.8. The first kappa shape index (κ1) is 8.36. The second kappa shape index (κ2) is 2.86. The van der Waals surface area contributed by atoms with Crippen LogP contribution in [0.25, 0.3) is 25.7 Å². The molecule has 4 aromatic rings. The van der Waals surface area contributed by atoms with Gasteiger partial charge in [0.2, 0.25) is 0 Å². The molecule has 0 radical (unpaired) electrons. The van der Waals surface area contributed by atoms with Gasteiger partial charge in [-0.15, -0.1) is 11.3 Å². The number of benzene rings is 1. The summed E-state index contributed by atoms with van der Waals surface area (Å²) in [5.41, 5.74) is 1.30. The molecular formula is C14H9NS. The highest BCUT2D eigenvalue weighted by Crippen LogP contribution is 2.35. The molecule has 0 aliphatic heterocycles. The standard InChI is InChI=1S/C14H9NS/c1-2-6-13-10(4-1)11-7-9-15-8-3-5-12(15)14(11)16-13/h1-9H. The first-order valence-corrected chi connectivity index (χ1v) is 6.12. The fourth-order valence-corrected chi connectivity index (χ4v) is 3.51. The van der Waals surface area contributed by atoms with Crippen molar-refractivity contribution in [2.45, 2.75) is 0 Å². The topological polar surface area (TPSA) is 4.41 Å². The van der Waals surface area contributed by atoms with E-state index in [-0.39, 0.29) is 0 Å². The monoisotopic (exact) mass is 223 g/mol. The minimum absolute atomic E-state index is 1.30. The highest BCUT2D eigenvalue weighted by Gasteiger charge is 2.06. The third-order valence-corrected chi connectivity index (χ3v) is 4.26. The van der Waals surface area contributed by atoms with Crippen molar-refractivity contribution in [1.29, 1.82) is 0 Å². The zero-order valence-electron chi connectivity index (χ0n) is 8.55. The lowest BCUT2D eigenvalue weighted by Crippen LogP contribution is -1.78. The van der Waals surface area contributed by atoms with Gasteiger partial charge in [0.15, 0.2) is 0 Å². The molecule has 3 aromatic heterocycles. The van der Waals surface area contributed by atoms with Crippen molar-refractivity contribution in [2.24, 2.45) is 0 Å². The summed E-state index contributed by atoms with van der Waals surface area (Å²) in [5.74, 6) is 0. The summed E-state index contributed by atoms with van der Waals surface area (Å²) in [6.07, 6.45) is 4.23. The van der Waals surface area contributed by atoms with E-state index in [9.17, 15) is 0 Å². The molecule has 0 atom stereocenters. The molecular weight excluding hydrogens is 214 g/mol. The van der Waals surface area contributed by atoms with Crippen LogP contribution in [0.2, 0.25) is 0 Å². The molecule has 0 N–H and O–H groups in total. The SMILES string of the molecule is c1ccc2c(c1)sc1c2ccn2cccc12. The van der Waals surface area contributed by atoms with E-state index in [1.807, 2.05) is 11.3 Å². The van der Waals surface area contributed by atoms with E-state index in [0.29, 0.717) is 0 Å². The van der Waals surface area contributed by atoms with Gasteiger partial charge in [0.25, 0.3) is 0 Å². The summed E-state index contributed by atoms with van der Waals surface area (Å²) in [6.45, 7) is 0. The van der Waals surface area contributed by atoms with Crippen molar-refractivity contribution in [1.82, 2.24) is 4.40 Å². The highest BCUT2D eigenvalue weighted by atomic mass is 32.1. The molecule has 0 saturated heterocycles. The quantitative estimate of drug-likeness (QED) is 0.418. The molecule has 0 amide bonds. The van der Waals surface area contributed by atoms with Crippen molar-refractivity contribution in [2.75, 3.05) is 0 Å². The molecule has 2 heteroatoms. The van der Waals surface area contributed by atoms with Crippen molar-refractivity contribution in [3.8, 4) is 0 Å². The van der Waals surface area contributed by atoms with E-state index in [1.54, 1.807) is 0 Å². The van der Waals surface area contributed by atoms with E-state index >= 15 is 0 Å². The zero-order valence-corrected chi connectivity index (χ0v) is 9.37. The van der Waals surface area contributed by atoms with Gasteiger partial charge >= 0.3 is 0 Å². The van der Waals surface area contributed by atoms with Gasteiger partial charge in [0.05, 0.1) is 10.2 Å². The van der Waals surface area contributed by atoms with Crippen LogP contribution in [0.5, 0.6) is 0 Å². The predicted octanol–water partition coefficient (Wildman–Crippen LogP) is 4.31. The van der Waals surface area contributed by atoms with Gasteiger partial charge in [0.1, 0.15) is 0 Å². The summed E-state index contributed by atoms with van der Waals surface area (Å²) in [4.78, 5) is 0. The van der Waals surface area contributed by atoms with Crippen LogP contribution in [0.15, 0.2) is 54.9 Å². The lowest BCUT2D eigenvalue weighted by Gasteiger charge is -1.95. The Hall–Kier alpha value is -1.80. The largest absolute Gasteiger partial charge is 0.322 e. The lowest BCUT2D eigenvalue weighted by molar-refractivity contribution is 1.22. The molecule has 76 valence electrons. The molecule has 0 fully saturated rings. The summed E-state index contributed by atoms with van der Waals surface area (Å²) in [5, 5.41) is 2.73. The molecule has 0 aliphatic carbocycles. The van der Waals surface area contributed by atoms with Crippen molar-refractivity contribution in [3.63, 3.8) is 0 Å². The maximum absolute atomic E-state index is 2.21. The van der Waals surface area contributed by atoms with Gasteiger partial charge < -0.3 is 4.40 Å². The second-order valence-corrected chi connectivity index (χ2v) is 5.01. The van der Waals surface area contributed by atoms with Gasteiger partial charge in [-0.25, -0.2) is 0 Å². The first-order chi connectivity index (χ1) is 7.93. The lowest BCUT2D eigenvalue weighted by atomic mass is 10.2. The summed E-state index contributed by atoms with van der Waals surface area (Å²) < 4.78 is 4.93. The molecule has 0 unspecified atom stereocenters. The van der Waals surface area contributed by atoms with E-state index < -0.39 is 0 Å². The number of fused-ring (bicyclic) bond motifs is 5. The smallest absolute Gasteiger partial charge is 0.0629 e. The fraction of sp³-hybridized carbons (Fsp3) is 0. The van der Waals surface area contributed by atoms with Crippen LogP contribution in [0.3, 0.4) is 0 Å². The van der Waals surface area contributed by atoms with Crippen LogP contribution in [-0.2, 0) is 0 Å². The van der Waals surface area contributed by atoms with Crippen LogP contribution in [0.4, 0.5) is 0 Å². The number of hydrogen-bond acceptors (Lipinski definition) is 1. The molecule has 4 rings (SSSR count). The van der Waals surface area contributed by atoms with Crippen LogP contribution in [-0.4, -0.2) is 4.40 Å². The Morgan fingerprint density at radius 1 is 0.812 bits per heavy atom.